The van der Waals surface area contributed by atoms with Crippen LogP contribution in [0.15, 0.2) is 18.2 Å². The van der Waals surface area contributed by atoms with E-state index in [2.05, 4.69) is 0 Å². The molecule has 0 aromatic heterocycles. The first-order chi connectivity index (χ1) is 11.0. The molecule has 1 aromatic rings. The topological polar surface area (TPSA) is 76.1 Å². The Kier molecular flexibility index (Phi) is 4.21. The van der Waals surface area contributed by atoms with Crippen molar-refractivity contribution in [3.63, 3.8) is 0 Å². The van der Waals surface area contributed by atoms with Crippen molar-refractivity contribution in [2.45, 2.75) is 38.1 Å². The molecule has 0 unspecified atom stereocenters. The highest BCUT2D eigenvalue weighted by Gasteiger charge is 2.41. The first-order valence-corrected chi connectivity index (χ1v) is 7.58. The van der Waals surface area contributed by atoms with E-state index in [4.69, 9.17) is 14.6 Å². The second kappa shape index (κ2) is 6.16. The van der Waals surface area contributed by atoms with Crippen molar-refractivity contribution in [3.05, 3.63) is 29.6 Å². The van der Waals surface area contributed by atoms with Crippen LogP contribution in [-0.4, -0.2) is 40.8 Å². The Hall–Kier alpha value is -2.15. The van der Waals surface area contributed by atoms with Gasteiger partial charge in [-0.25, -0.2) is 4.39 Å². The summed E-state index contributed by atoms with van der Waals surface area (Å²) in [6.07, 6.45) is 0.851. The molecule has 1 spiro atoms. The minimum atomic E-state index is -0.977. The number of halogens is 1. The molecule has 1 saturated heterocycles. The number of ether oxygens (including phenoxy) is 2. The Morgan fingerprint density at radius 2 is 2.00 bits per heavy atom. The number of carboxylic acid groups (broad SMARTS) is 1. The fourth-order valence-corrected chi connectivity index (χ4v) is 2.91. The summed E-state index contributed by atoms with van der Waals surface area (Å²) < 4.78 is 24.9. The second-order valence-corrected chi connectivity index (χ2v) is 5.83. The van der Waals surface area contributed by atoms with Gasteiger partial charge in [-0.15, -0.1) is 0 Å². The molecule has 3 rings (SSSR count). The van der Waals surface area contributed by atoms with Gasteiger partial charge < -0.3 is 19.5 Å². The number of rotatable bonds is 3. The Morgan fingerprint density at radius 1 is 1.26 bits per heavy atom. The van der Waals surface area contributed by atoms with Gasteiger partial charge in [-0.1, -0.05) is 0 Å². The zero-order valence-electron chi connectivity index (χ0n) is 12.6. The maximum atomic E-state index is 13.2. The molecule has 1 fully saturated rings. The zero-order valence-corrected chi connectivity index (χ0v) is 12.6. The lowest BCUT2D eigenvalue weighted by Crippen LogP contribution is -2.52. The van der Waals surface area contributed by atoms with E-state index in [1.54, 1.807) is 11.0 Å². The number of carbonyl (C=O) groups excluding carboxylic acids is 1. The van der Waals surface area contributed by atoms with E-state index < -0.39 is 11.8 Å². The minimum Gasteiger partial charge on any atom is -0.481 e. The average molecular weight is 323 g/mol. The van der Waals surface area contributed by atoms with Crippen molar-refractivity contribution < 1.29 is 28.6 Å². The normalized spacial score (nSPS) is 19.1. The zero-order chi connectivity index (χ0) is 16.4. The maximum absolute atomic E-state index is 13.2. The van der Waals surface area contributed by atoms with Gasteiger partial charge in [0.25, 0.3) is 0 Å². The number of amides is 1. The number of nitrogens with zero attached hydrogens (tertiary/aromatic N) is 1. The lowest BCUT2D eigenvalue weighted by Gasteiger charge is -2.44. The average Bonchev–Trinajstić information content (AvgIpc) is 2.54. The molecule has 23 heavy (non-hydrogen) atoms. The van der Waals surface area contributed by atoms with Gasteiger partial charge in [0.05, 0.1) is 13.0 Å². The first kappa shape index (κ1) is 15.7. The van der Waals surface area contributed by atoms with Crippen LogP contribution in [0.3, 0.4) is 0 Å². The summed E-state index contributed by atoms with van der Waals surface area (Å²) in [4.78, 5) is 24.1. The predicted molar refractivity (Wildman–Crippen MR) is 77.2 cm³/mol. The molecular formula is C16H18FNO5. The van der Waals surface area contributed by atoms with Crippen molar-refractivity contribution in [1.82, 2.24) is 4.90 Å². The second-order valence-electron chi connectivity index (χ2n) is 5.83. The van der Waals surface area contributed by atoms with Gasteiger partial charge in [0.2, 0.25) is 11.7 Å². The summed E-state index contributed by atoms with van der Waals surface area (Å²) in [5.41, 5.74) is 0.676. The standard InChI is InChI=1S/C16H18FNO5/c17-12-1-2-13-11(9-12)10-22-16(23-13)5-7-18(8-6-16)14(19)3-4-15(20)21/h1-2,9H,3-8,10H2,(H,20,21). The van der Waals surface area contributed by atoms with E-state index in [9.17, 15) is 14.0 Å². The quantitative estimate of drug-likeness (QED) is 0.920. The van der Waals surface area contributed by atoms with Crippen molar-refractivity contribution >= 4 is 11.9 Å². The summed E-state index contributed by atoms with van der Waals surface area (Å²) >= 11 is 0. The van der Waals surface area contributed by atoms with Crippen LogP contribution < -0.4 is 4.74 Å². The molecule has 0 saturated carbocycles. The van der Waals surface area contributed by atoms with E-state index in [0.717, 1.165) is 0 Å². The number of fused-ring (bicyclic) bond motifs is 1. The fourth-order valence-electron chi connectivity index (χ4n) is 2.91. The van der Waals surface area contributed by atoms with Gasteiger partial charge >= 0.3 is 5.97 Å². The molecule has 0 atom stereocenters. The molecular weight excluding hydrogens is 305 g/mol. The summed E-state index contributed by atoms with van der Waals surface area (Å²) in [6, 6.07) is 4.34. The molecule has 1 aromatic carbocycles. The predicted octanol–water partition coefficient (Wildman–Crippen LogP) is 1.92. The number of aliphatic carboxylic acids is 1. The van der Waals surface area contributed by atoms with Crippen LogP contribution in [0, 0.1) is 5.82 Å². The van der Waals surface area contributed by atoms with Crippen LogP contribution in [0.25, 0.3) is 0 Å². The molecule has 2 aliphatic rings. The smallest absolute Gasteiger partial charge is 0.303 e. The van der Waals surface area contributed by atoms with Crippen LogP contribution in [0.4, 0.5) is 4.39 Å². The van der Waals surface area contributed by atoms with Crippen LogP contribution in [0.1, 0.15) is 31.2 Å². The largest absolute Gasteiger partial charge is 0.481 e. The molecule has 2 aliphatic heterocycles. The summed E-state index contributed by atoms with van der Waals surface area (Å²) in [7, 11) is 0. The third-order valence-corrected chi connectivity index (χ3v) is 4.24. The molecule has 1 N–H and O–H groups in total. The van der Waals surface area contributed by atoms with Gasteiger partial charge in [-0.2, -0.15) is 0 Å². The van der Waals surface area contributed by atoms with Crippen molar-refractivity contribution in [2.75, 3.05) is 13.1 Å². The highest BCUT2D eigenvalue weighted by molar-refractivity contribution is 5.80. The third-order valence-electron chi connectivity index (χ3n) is 4.24. The van der Waals surface area contributed by atoms with Crippen LogP contribution in [-0.2, 0) is 20.9 Å². The molecule has 0 radical (unpaired) electrons. The summed E-state index contributed by atoms with van der Waals surface area (Å²) in [5.74, 6) is -1.64. The lowest BCUT2D eigenvalue weighted by atomic mass is 10.0. The van der Waals surface area contributed by atoms with Gasteiger partial charge in [0.15, 0.2) is 0 Å². The summed E-state index contributed by atoms with van der Waals surface area (Å²) in [6.45, 7) is 1.18. The van der Waals surface area contributed by atoms with Crippen LogP contribution in [0.2, 0.25) is 0 Å². The molecule has 1 amide bonds. The number of carboxylic acids is 1. The van der Waals surface area contributed by atoms with Gasteiger partial charge in [0.1, 0.15) is 11.6 Å². The van der Waals surface area contributed by atoms with Gasteiger partial charge in [-0.3, -0.25) is 9.59 Å². The molecule has 2 heterocycles. The number of benzene rings is 1. The van der Waals surface area contributed by atoms with Crippen LogP contribution in [0.5, 0.6) is 5.75 Å². The number of hydrogen-bond donors (Lipinski definition) is 1. The fraction of sp³-hybridized carbons (Fsp3) is 0.500. The Balaban J connectivity index is 1.59. The van der Waals surface area contributed by atoms with Crippen LogP contribution >= 0.6 is 0 Å². The van der Waals surface area contributed by atoms with Crippen molar-refractivity contribution in [1.29, 1.82) is 0 Å². The number of likely N-dealkylation sites (tertiary alicyclic amines) is 1. The monoisotopic (exact) mass is 323 g/mol. The maximum Gasteiger partial charge on any atom is 0.303 e. The van der Waals surface area contributed by atoms with E-state index in [0.29, 0.717) is 37.2 Å². The lowest BCUT2D eigenvalue weighted by molar-refractivity contribution is -0.227. The molecule has 0 bridgehead atoms. The minimum absolute atomic E-state index is 0.00611. The molecule has 124 valence electrons. The Bertz CT molecular complexity index is 625. The van der Waals surface area contributed by atoms with E-state index in [-0.39, 0.29) is 31.2 Å². The molecule has 7 heteroatoms. The Labute approximate surface area is 132 Å². The van der Waals surface area contributed by atoms with E-state index >= 15 is 0 Å². The van der Waals surface area contributed by atoms with Gasteiger partial charge in [0, 0.05) is 37.9 Å². The highest BCUT2D eigenvalue weighted by Crippen LogP contribution is 2.37. The summed E-state index contributed by atoms with van der Waals surface area (Å²) in [5, 5.41) is 8.63. The van der Waals surface area contributed by atoms with Gasteiger partial charge in [-0.05, 0) is 18.2 Å². The number of carbonyl (C=O) groups is 2. The van der Waals surface area contributed by atoms with Crippen molar-refractivity contribution in [3.8, 4) is 5.75 Å². The molecule has 6 nitrogen and oxygen atoms in total. The number of hydrogen-bond acceptors (Lipinski definition) is 4. The number of piperidine rings is 1. The third kappa shape index (κ3) is 3.44. The molecule has 0 aliphatic carbocycles. The Morgan fingerprint density at radius 3 is 2.70 bits per heavy atom. The van der Waals surface area contributed by atoms with Crippen molar-refractivity contribution in [2.24, 2.45) is 0 Å². The first-order valence-electron chi connectivity index (χ1n) is 7.58. The SMILES string of the molecule is O=C(O)CCC(=O)N1CCC2(CC1)OCc1cc(F)ccc1O2. The van der Waals surface area contributed by atoms with E-state index in [1.165, 1.54) is 12.1 Å². The highest BCUT2D eigenvalue weighted by atomic mass is 19.1. The van der Waals surface area contributed by atoms with E-state index in [1.807, 2.05) is 0 Å².